The van der Waals surface area contributed by atoms with E-state index >= 15 is 0 Å². The van der Waals surface area contributed by atoms with Crippen molar-refractivity contribution in [1.29, 1.82) is 0 Å². The second-order valence-electron chi connectivity index (χ2n) is 11.5. The largest absolute Gasteiger partial charge is 0.477 e. The van der Waals surface area contributed by atoms with E-state index in [1.807, 2.05) is 34.8 Å². The quantitative estimate of drug-likeness (QED) is 0.482. The Hall–Kier alpha value is -2.55. The fraction of sp³-hybridized carbons (Fsp3) is 0.741. The number of nitrogens with zero attached hydrogens (tertiary/aromatic N) is 2. The number of ether oxygens (including phenoxy) is 3. The molecule has 3 rings (SSSR count). The molecule has 2 fully saturated rings. The molecule has 4 atom stereocenters. The molecule has 2 N–H and O–H groups in total. The monoisotopic (exact) mass is 504 g/mol. The van der Waals surface area contributed by atoms with E-state index in [2.05, 4.69) is 22.7 Å². The fourth-order valence-electron chi connectivity index (χ4n) is 5.49. The number of carbonyl (C=O) groups excluding carboxylic acids is 2. The zero-order valence-corrected chi connectivity index (χ0v) is 22.9. The Kier molecular flexibility index (Phi) is 9.08. The number of methoxy groups -OCH3 is 2. The number of carbonyl (C=O) groups is 2. The highest BCUT2D eigenvalue weighted by atomic mass is 16.5. The molecular formula is C27H44N4O5. The number of fused-ring (bicyclic) bond motifs is 2. The van der Waals surface area contributed by atoms with Gasteiger partial charge in [-0.25, -0.2) is 9.48 Å². The van der Waals surface area contributed by atoms with Crippen LogP contribution in [0.25, 0.3) is 6.20 Å². The Bertz CT molecular complexity index is 941. The van der Waals surface area contributed by atoms with Crippen molar-refractivity contribution in [2.75, 3.05) is 20.8 Å². The first-order valence-electron chi connectivity index (χ1n) is 13.1. The summed E-state index contributed by atoms with van der Waals surface area (Å²) >= 11 is 0. The van der Waals surface area contributed by atoms with Crippen LogP contribution in [0.3, 0.4) is 0 Å². The average molecular weight is 505 g/mol. The maximum absolute atomic E-state index is 13.4. The molecule has 2 aliphatic rings. The minimum absolute atomic E-state index is 0.00737. The Labute approximate surface area is 215 Å². The maximum Gasteiger partial charge on any atom is 0.407 e. The van der Waals surface area contributed by atoms with Crippen LogP contribution in [0.4, 0.5) is 4.79 Å². The van der Waals surface area contributed by atoms with E-state index in [9.17, 15) is 9.59 Å². The topological polar surface area (TPSA) is 104 Å². The lowest BCUT2D eigenvalue weighted by atomic mass is 9.64. The summed E-state index contributed by atoms with van der Waals surface area (Å²) in [7, 11) is 3.15. The zero-order valence-electron chi connectivity index (χ0n) is 22.9. The Morgan fingerprint density at radius 2 is 2.03 bits per heavy atom. The van der Waals surface area contributed by atoms with Crippen LogP contribution in [0, 0.1) is 17.8 Å². The molecule has 202 valence electrons. The van der Waals surface area contributed by atoms with Gasteiger partial charge in [0.05, 0.1) is 31.1 Å². The van der Waals surface area contributed by atoms with Crippen molar-refractivity contribution >= 4 is 18.2 Å². The highest BCUT2D eigenvalue weighted by molar-refractivity contribution is 5.96. The van der Waals surface area contributed by atoms with Gasteiger partial charge in [0, 0.05) is 19.4 Å². The summed E-state index contributed by atoms with van der Waals surface area (Å²) in [5, 5.41) is 10.3. The van der Waals surface area contributed by atoms with Crippen molar-refractivity contribution in [2.45, 2.75) is 90.3 Å². The molecule has 1 aromatic rings. The molecule has 9 nitrogen and oxygen atoms in total. The molecule has 2 bridgehead atoms. The van der Waals surface area contributed by atoms with Gasteiger partial charge in [0.2, 0.25) is 5.88 Å². The Morgan fingerprint density at radius 1 is 1.28 bits per heavy atom. The Balaban J connectivity index is 1.75. The van der Waals surface area contributed by atoms with Crippen LogP contribution in [0.2, 0.25) is 0 Å². The molecule has 0 aromatic carbocycles. The molecule has 2 amide bonds. The summed E-state index contributed by atoms with van der Waals surface area (Å²) in [5.74, 6) is 1.49. The number of nitrogens with one attached hydrogen (secondary N) is 2. The van der Waals surface area contributed by atoms with E-state index in [4.69, 9.17) is 14.2 Å². The third-order valence-electron chi connectivity index (χ3n) is 7.46. The molecule has 36 heavy (non-hydrogen) atoms. The van der Waals surface area contributed by atoms with Crippen molar-refractivity contribution in [3.8, 4) is 5.88 Å². The van der Waals surface area contributed by atoms with Crippen molar-refractivity contribution < 1.29 is 23.8 Å². The molecule has 0 spiro atoms. The summed E-state index contributed by atoms with van der Waals surface area (Å²) in [5.41, 5.74) is -0.345. The van der Waals surface area contributed by atoms with Gasteiger partial charge in [0.1, 0.15) is 5.56 Å². The molecule has 0 aliphatic heterocycles. The summed E-state index contributed by atoms with van der Waals surface area (Å²) in [6, 6.07) is 0.00737. The predicted octanol–water partition coefficient (Wildman–Crippen LogP) is 4.63. The number of alkyl carbamates (subject to hydrolysis) is 1. The number of hydrogen-bond donors (Lipinski definition) is 2. The van der Waals surface area contributed by atoms with Crippen molar-refractivity contribution in [3.63, 3.8) is 0 Å². The van der Waals surface area contributed by atoms with Crippen LogP contribution >= 0.6 is 0 Å². The lowest BCUT2D eigenvalue weighted by Gasteiger charge is -2.48. The minimum atomic E-state index is -0.693. The number of rotatable bonds is 10. The zero-order chi connectivity index (χ0) is 26.5. The van der Waals surface area contributed by atoms with Gasteiger partial charge >= 0.3 is 6.09 Å². The molecule has 0 radical (unpaired) electrons. The predicted molar refractivity (Wildman–Crippen MR) is 139 cm³/mol. The summed E-state index contributed by atoms with van der Waals surface area (Å²) in [4.78, 5) is 25.0. The molecule has 2 aliphatic carbocycles. The smallest absolute Gasteiger partial charge is 0.407 e. The molecule has 3 unspecified atom stereocenters. The van der Waals surface area contributed by atoms with Crippen molar-refractivity contribution in [3.05, 3.63) is 17.8 Å². The van der Waals surface area contributed by atoms with Gasteiger partial charge in [-0.1, -0.05) is 26.7 Å². The molecular weight excluding hydrogens is 460 g/mol. The molecule has 1 heterocycles. The minimum Gasteiger partial charge on any atom is -0.477 e. The first kappa shape index (κ1) is 28.0. The molecule has 0 saturated heterocycles. The number of amides is 2. The van der Waals surface area contributed by atoms with E-state index in [0.717, 1.165) is 25.7 Å². The third kappa shape index (κ3) is 7.02. The van der Waals surface area contributed by atoms with Gasteiger partial charge in [-0.2, -0.15) is 5.10 Å². The summed E-state index contributed by atoms with van der Waals surface area (Å²) in [6.07, 6.45) is 11.3. The number of hydrogen-bond acceptors (Lipinski definition) is 6. The normalized spacial score (nSPS) is 25.0. The average Bonchev–Trinajstić information content (AvgIpc) is 3.23. The highest BCUT2D eigenvalue weighted by Gasteiger charge is 2.44. The summed E-state index contributed by atoms with van der Waals surface area (Å²) < 4.78 is 18.3. The van der Waals surface area contributed by atoms with Crippen LogP contribution < -0.4 is 15.4 Å². The Morgan fingerprint density at radius 3 is 2.69 bits per heavy atom. The van der Waals surface area contributed by atoms with Gasteiger partial charge in [-0.15, -0.1) is 0 Å². The van der Waals surface area contributed by atoms with Gasteiger partial charge in [0.15, 0.2) is 0 Å². The lowest BCUT2D eigenvalue weighted by Crippen LogP contribution is -2.49. The fourth-order valence-corrected chi connectivity index (χ4v) is 5.49. The van der Waals surface area contributed by atoms with Crippen LogP contribution in [0.1, 0.15) is 83.5 Å². The van der Waals surface area contributed by atoms with E-state index in [1.54, 1.807) is 12.3 Å². The van der Waals surface area contributed by atoms with Crippen LogP contribution in [0.15, 0.2) is 12.3 Å². The maximum atomic E-state index is 13.4. The van der Waals surface area contributed by atoms with Crippen LogP contribution in [-0.4, -0.2) is 59.8 Å². The van der Waals surface area contributed by atoms with E-state index in [0.29, 0.717) is 29.9 Å². The first-order valence-corrected chi connectivity index (χ1v) is 13.1. The van der Waals surface area contributed by atoms with Crippen molar-refractivity contribution in [1.82, 2.24) is 20.4 Å². The molecule has 2 saturated carbocycles. The molecule has 9 heteroatoms. The number of aromatic nitrogens is 2. The van der Waals surface area contributed by atoms with Gasteiger partial charge in [0.25, 0.3) is 5.91 Å². The van der Waals surface area contributed by atoms with Crippen LogP contribution in [-0.2, 0) is 9.47 Å². The summed E-state index contributed by atoms with van der Waals surface area (Å²) in [6.45, 7) is 10.3. The van der Waals surface area contributed by atoms with E-state index < -0.39 is 11.6 Å². The molecule has 1 aromatic heterocycles. The van der Waals surface area contributed by atoms with E-state index in [1.165, 1.54) is 30.8 Å². The highest BCUT2D eigenvalue weighted by Crippen LogP contribution is 2.48. The standard InChI is InChI=1S/C27H44N4O5/c1-18(2)17-36-24-22(16-28-31(24)12-11-26(4,5)30-25(33)34-6)23(32)29-19(3)21-13-20-9-8-10-27(14-20,15-21)35-7/h11-12,16,18-21H,8-10,13-15,17H2,1-7H3,(H,29,32)(H,30,33)/b12-11+/t19?,20?,21?,27-/m1/s1. The van der Waals surface area contributed by atoms with E-state index in [-0.39, 0.29) is 23.5 Å². The first-order chi connectivity index (χ1) is 17.0. The second-order valence-corrected chi connectivity index (χ2v) is 11.5. The van der Waals surface area contributed by atoms with Crippen molar-refractivity contribution in [2.24, 2.45) is 17.8 Å². The second kappa shape index (κ2) is 11.7. The van der Waals surface area contributed by atoms with Gasteiger partial charge in [-0.3, -0.25) is 4.79 Å². The lowest BCUT2D eigenvalue weighted by molar-refractivity contribution is -0.100. The van der Waals surface area contributed by atoms with Gasteiger partial charge < -0.3 is 24.8 Å². The third-order valence-corrected chi connectivity index (χ3v) is 7.46. The SMILES string of the molecule is COC(=O)NC(C)(C)/C=C/n1ncc(C(=O)NC(C)C2CC3CCC[C@@](OC)(C3)C2)c1OCC(C)C. The van der Waals surface area contributed by atoms with Crippen LogP contribution in [0.5, 0.6) is 5.88 Å². The van der Waals surface area contributed by atoms with Gasteiger partial charge in [-0.05, 0) is 70.3 Å².